The zero-order valence-electron chi connectivity index (χ0n) is 21.2. The Morgan fingerprint density at radius 1 is 0.833 bits per heavy atom. The third kappa shape index (κ3) is 9.16. The van der Waals surface area contributed by atoms with Gasteiger partial charge in [-0.25, -0.2) is 4.79 Å². The van der Waals surface area contributed by atoms with Crippen LogP contribution in [0.15, 0.2) is 103 Å². The van der Waals surface area contributed by atoms with E-state index in [9.17, 15) is 9.59 Å². The highest BCUT2D eigenvalue weighted by Crippen LogP contribution is 2.23. The number of amides is 1. The fraction of sp³-hybridized carbons (Fsp3) is 0.290. The standard InChI is InChI=1S/C31H35NO4/c1-31(2,3)36-30(34)32-28(26-20-11-6-12-21-26)29(35-23-25-18-9-5-10-19-25)27(33)22-14-13-17-24-15-7-4-8-16-24/h4-12,14-16,18-22,28-29H,13,17,23H2,1-3H3,(H,32,34)/b22-14+/t28-,29-/m0/s1. The van der Waals surface area contributed by atoms with Crippen LogP contribution < -0.4 is 5.32 Å². The molecule has 0 bridgehead atoms. The zero-order valence-corrected chi connectivity index (χ0v) is 21.2. The van der Waals surface area contributed by atoms with Gasteiger partial charge in [0.2, 0.25) is 0 Å². The second-order valence-corrected chi connectivity index (χ2v) is 9.58. The minimum atomic E-state index is -0.937. The van der Waals surface area contributed by atoms with E-state index >= 15 is 0 Å². The number of aryl methyl sites for hydroxylation is 1. The summed E-state index contributed by atoms with van der Waals surface area (Å²) in [6, 6.07) is 28.4. The van der Waals surface area contributed by atoms with E-state index < -0.39 is 23.8 Å². The second-order valence-electron chi connectivity index (χ2n) is 9.58. The fourth-order valence-electron chi connectivity index (χ4n) is 3.72. The van der Waals surface area contributed by atoms with E-state index in [1.54, 1.807) is 26.8 Å². The van der Waals surface area contributed by atoms with Crippen LogP contribution in [0.2, 0.25) is 0 Å². The van der Waals surface area contributed by atoms with E-state index in [4.69, 9.17) is 9.47 Å². The van der Waals surface area contributed by atoms with Crippen LogP contribution >= 0.6 is 0 Å². The molecular formula is C31H35NO4. The molecule has 0 radical (unpaired) electrons. The number of benzene rings is 3. The lowest BCUT2D eigenvalue weighted by Crippen LogP contribution is -2.43. The Hall–Kier alpha value is -3.70. The van der Waals surface area contributed by atoms with Gasteiger partial charge in [0, 0.05) is 0 Å². The van der Waals surface area contributed by atoms with Crippen LogP contribution in [-0.2, 0) is 27.3 Å². The van der Waals surface area contributed by atoms with Gasteiger partial charge in [-0.1, -0.05) is 97.1 Å². The predicted molar refractivity (Wildman–Crippen MR) is 142 cm³/mol. The number of nitrogens with one attached hydrogen (secondary N) is 1. The van der Waals surface area contributed by atoms with Crippen molar-refractivity contribution in [1.29, 1.82) is 0 Å². The first-order valence-electron chi connectivity index (χ1n) is 12.3. The molecule has 0 heterocycles. The average Bonchev–Trinajstić information content (AvgIpc) is 2.87. The molecule has 0 aliphatic carbocycles. The van der Waals surface area contributed by atoms with Crippen molar-refractivity contribution in [3.63, 3.8) is 0 Å². The van der Waals surface area contributed by atoms with Gasteiger partial charge in [-0.3, -0.25) is 4.79 Å². The van der Waals surface area contributed by atoms with Crippen LogP contribution in [0.5, 0.6) is 0 Å². The van der Waals surface area contributed by atoms with Gasteiger partial charge in [-0.05, 0) is 56.4 Å². The van der Waals surface area contributed by atoms with Gasteiger partial charge in [-0.2, -0.15) is 0 Å². The third-order valence-electron chi connectivity index (χ3n) is 5.41. The van der Waals surface area contributed by atoms with Crippen LogP contribution in [0.4, 0.5) is 4.79 Å². The van der Waals surface area contributed by atoms with Gasteiger partial charge >= 0.3 is 6.09 Å². The highest BCUT2D eigenvalue weighted by molar-refractivity contribution is 5.94. The molecule has 5 heteroatoms. The van der Waals surface area contributed by atoms with Crippen LogP contribution in [0.1, 0.15) is 49.9 Å². The molecule has 1 amide bonds. The molecule has 5 nitrogen and oxygen atoms in total. The van der Waals surface area contributed by atoms with Crippen molar-refractivity contribution in [3.05, 3.63) is 120 Å². The van der Waals surface area contributed by atoms with Crippen molar-refractivity contribution in [2.24, 2.45) is 0 Å². The second kappa shape index (κ2) is 13.4. The molecule has 36 heavy (non-hydrogen) atoms. The normalized spacial score (nSPS) is 13.2. The number of rotatable bonds is 11. The highest BCUT2D eigenvalue weighted by atomic mass is 16.6. The molecular weight excluding hydrogens is 450 g/mol. The molecule has 0 unspecified atom stereocenters. The van der Waals surface area contributed by atoms with Gasteiger partial charge in [0.15, 0.2) is 5.78 Å². The summed E-state index contributed by atoms with van der Waals surface area (Å²) in [6.07, 6.45) is 3.43. The number of ether oxygens (including phenoxy) is 2. The summed E-state index contributed by atoms with van der Waals surface area (Å²) in [7, 11) is 0. The van der Waals surface area contributed by atoms with Crippen molar-refractivity contribution >= 4 is 11.9 Å². The number of carbonyl (C=O) groups excluding carboxylic acids is 2. The topological polar surface area (TPSA) is 64.6 Å². The molecule has 188 valence electrons. The minimum absolute atomic E-state index is 0.219. The molecule has 0 aromatic heterocycles. The SMILES string of the molecule is CC(C)(C)OC(=O)N[C@@H](c1ccccc1)[C@@H](OCc1ccccc1)C(=O)/C=C/CCc1ccccc1. The third-order valence-corrected chi connectivity index (χ3v) is 5.41. The molecule has 1 N–H and O–H groups in total. The zero-order chi connectivity index (χ0) is 25.8. The maximum absolute atomic E-state index is 13.5. The number of carbonyl (C=O) groups is 2. The number of hydrogen-bond donors (Lipinski definition) is 1. The quantitative estimate of drug-likeness (QED) is 0.311. The first-order chi connectivity index (χ1) is 17.3. The summed E-state index contributed by atoms with van der Waals surface area (Å²) in [6.45, 7) is 5.63. The minimum Gasteiger partial charge on any atom is -0.444 e. The molecule has 0 saturated heterocycles. The maximum Gasteiger partial charge on any atom is 0.408 e. The fourth-order valence-corrected chi connectivity index (χ4v) is 3.72. The monoisotopic (exact) mass is 485 g/mol. The van der Waals surface area contributed by atoms with Crippen molar-refractivity contribution in [2.45, 2.75) is 58.0 Å². The molecule has 3 rings (SSSR count). The van der Waals surface area contributed by atoms with E-state index in [1.807, 2.05) is 84.9 Å². The van der Waals surface area contributed by atoms with Gasteiger partial charge in [0.1, 0.15) is 11.7 Å². The van der Waals surface area contributed by atoms with Crippen LogP contribution in [0.25, 0.3) is 0 Å². The first kappa shape index (κ1) is 26.9. The number of alkyl carbamates (subject to hydrolysis) is 1. The summed E-state index contributed by atoms with van der Waals surface area (Å²) < 4.78 is 11.7. The Balaban J connectivity index is 1.82. The Kier molecular flexibility index (Phi) is 10.0. The first-order valence-corrected chi connectivity index (χ1v) is 12.3. The lowest BCUT2D eigenvalue weighted by Gasteiger charge is -2.28. The maximum atomic E-state index is 13.5. The molecule has 2 atom stereocenters. The Morgan fingerprint density at radius 2 is 1.39 bits per heavy atom. The molecule has 0 aliphatic heterocycles. The van der Waals surface area contributed by atoms with E-state index in [0.29, 0.717) is 0 Å². The summed E-state index contributed by atoms with van der Waals surface area (Å²) in [4.78, 5) is 26.2. The molecule has 0 aliphatic rings. The molecule has 0 fully saturated rings. The molecule has 3 aromatic rings. The smallest absolute Gasteiger partial charge is 0.408 e. The predicted octanol–water partition coefficient (Wildman–Crippen LogP) is 6.60. The van der Waals surface area contributed by atoms with E-state index in [2.05, 4.69) is 17.4 Å². The molecule has 0 spiro atoms. The van der Waals surface area contributed by atoms with Gasteiger partial charge in [-0.15, -0.1) is 0 Å². The van der Waals surface area contributed by atoms with Crippen LogP contribution in [0, 0.1) is 0 Å². The van der Waals surface area contributed by atoms with Gasteiger partial charge in [0.25, 0.3) is 0 Å². The Labute approximate surface area is 214 Å². The van der Waals surface area contributed by atoms with E-state index in [-0.39, 0.29) is 12.4 Å². The summed E-state index contributed by atoms with van der Waals surface area (Å²) >= 11 is 0. The lowest BCUT2D eigenvalue weighted by molar-refractivity contribution is -0.128. The largest absolute Gasteiger partial charge is 0.444 e. The van der Waals surface area contributed by atoms with E-state index in [1.165, 1.54) is 5.56 Å². The van der Waals surface area contributed by atoms with Crippen LogP contribution in [-0.4, -0.2) is 23.6 Å². The van der Waals surface area contributed by atoms with Crippen molar-refractivity contribution in [3.8, 4) is 0 Å². The van der Waals surface area contributed by atoms with E-state index in [0.717, 1.165) is 24.0 Å². The molecule has 3 aromatic carbocycles. The van der Waals surface area contributed by atoms with Crippen molar-refractivity contribution < 1.29 is 19.1 Å². The highest BCUT2D eigenvalue weighted by Gasteiger charge is 2.32. The lowest BCUT2D eigenvalue weighted by atomic mass is 9.97. The number of allylic oxidation sites excluding steroid dienone is 1. The summed E-state index contributed by atoms with van der Waals surface area (Å²) in [5, 5.41) is 2.88. The number of hydrogen-bond acceptors (Lipinski definition) is 4. The van der Waals surface area contributed by atoms with Crippen molar-refractivity contribution in [2.75, 3.05) is 0 Å². The Bertz CT molecular complexity index is 1110. The summed E-state index contributed by atoms with van der Waals surface area (Å²) in [5.41, 5.74) is 2.23. The Morgan fingerprint density at radius 3 is 1.97 bits per heavy atom. The molecule has 0 saturated carbocycles. The van der Waals surface area contributed by atoms with Gasteiger partial charge in [0.05, 0.1) is 12.6 Å². The number of ketones is 1. The van der Waals surface area contributed by atoms with Crippen LogP contribution in [0.3, 0.4) is 0 Å². The average molecular weight is 486 g/mol. The van der Waals surface area contributed by atoms with Gasteiger partial charge < -0.3 is 14.8 Å². The van der Waals surface area contributed by atoms with Crippen molar-refractivity contribution in [1.82, 2.24) is 5.32 Å². The summed E-state index contributed by atoms with van der Waals surface area (Å²) in [5.74, 6) is -0.219.